The number of nitrogens with zero attached hydrogens (tertiary/aromatic N) is 1. The summed E-state index contributed by atoms with van der Waals surface area (Å²) in [6.07, 6.45) is 0.735. The molecule has 1 aromatic rings. The van der Waals surface area contributed by atoms with E-state index < -0.39 is 5.97 Å². The Bertz CT molecular complexity index is 385. The number of carbonyl (C=O) groups is 1. The summed E-state index contributed by atoms with van der Waals surface area (Å²) in [6, 6.07) is 4.07. The SMILES string of the molecule is Cc1ccc(C(C)N2CCC(C(=O)O)C2)o1. The highest BCUT2D eigenvalue weighted by atomic mass is 16.4. The van der Waals surface area contributed by atoms with E-state index in [1.807, 2.05) is 19.1 Å². The third-order valence-electron chi connectivity index (χ3n) is 3.29. The molecule has 1 aromatic heterocycles. The van der Waals surface area contributed by atoms with Crippen LogP contribution in [-0.4, -0.2) is 29.1 Å². The molecule has 0 radical (unpaired) electrons. The summed E-state index contributed by atoms with van der Waals surface area (Å²) >= 11 is 0. The van der Waals surface area contributed by atoms with Crippen molar-refractivity contribution in [2.24, 2.45) is 5.92 Å². The van der Waals surface area contributed by atoms with Gasteiger partial charge in [0, 0.05) is 6.54 Å². The smallest absolute Gasteiger partial charge is 0.307 e. The zero-order valence-electron chi connectivity index (χ0n) is 9.64. The first-order valence-corrected chi connectivity index (χ1v) is 5.61. The summed E-state index contributed by atoms with van der Waals surface area (Å²) in [5.74, 6) is 0.906. The molecule has 0 aliphatic carbocycles. The largest absolute Gasteiger partial charge is 0.481 e. The summed E-state index contributed by atoms with van der Waals surface area (Å²) in [6.45, 7) is 5.43. The molecule has 2 unspecified atom stereocenters. The minimum absolute atomic E-state index is 0.165. The van der Waals surface area contributed by atoms with E-state index in [2.05, 4.69) is 11.8 Å². The molecule has 4 heteroatoms. The summed E-state index contributed by atoms with van der Waals surface area (Å²) in [7, 11) is 0. The fraction of sp³-hybridized carbons (Fsp3) is 0.583. The standard InChI is InChI=1S/C12H17NO3/c1-8-3-4-11(16-8)9(2)13-6-5-10(7-13)12(14)15/h3-4,9-10H,5-7H2,1-2H3,(H,14,15). The Labute approximate surface area is 94.9 Å². The van der Waals surface area contributed by atoms with Gasteiger partial charge in [0.25, 0.3) is 0 Å². The van der Waals surface area contributed by atoms with Crippen molar-refractivity contribution in [2.45, 2.75) is 26.3 Å². The average Bonchev–Trinajstić information content (AvgIpc) is 2.84. The maximum absolute atomic E-state index is 10.9. The van der Waals surface area contributed by atoms with E-state index in [0.29, 0.717) is 6.54 Å². The maximum Gasteiger partial charge on any atom is 0.307 e. The van der Waals surface area contributed by atoms with Crippen LogP contribution in [0.4, 0.5) is 0 Å². The highest BCUT2D eigenvalue weighted by Gasteiger charge is 2.31. The highest BCUT2D eigenvalue weighted by Crippen LogP contribution is 2.28. The average molecular weight is 223 g/mol. The number of carboxylic acid groups (broad SMARTS) is 1. The minimum atomic E-state index is -0.690. The molecule has 88 valence electrons. The van der Waals surface area contributed by atoms with Crippen LogP contribution in [0.3, 0.4) is 0 Å². The van der Waals surface area contributed by atoms with Gasteiger partial charge in [-0.2, -0.15) is 0 Å². The molecule has 0 saturated carbocycles. The van der Waals surface area contributed by atoms with Crippen LogP contribution in [-0.2, 0) is 4.79 Å². The maximum atomic E-state index is 10.9. The second-order valence-corrected chi connectivity index (χ2v) is 4.44. The predicted molar refractivity (Wildman–Crippen MR) is 59.2 cm³/mol. The molecule has 2 heterocycles. The zero-order valence-corrected chi connectivity index (χ0v) is 9.64. The number of likely N-dealkylation sites (tertiary alicyclic amines) is 1. The van der Waals surface area contributed by atoms with Crippen LogP contribution < -0.4 is 0 Å². The van der Waals surface area contributed by atoms with Gasteiger partial charge in [0.15, 0.2) is 0 Å². The molecular weight excluding hydrogens is 206 g/mol. The van der Waals surface area contributed by atoms with Crippen molar-refractivity contribution >= 4 is 5.97 Å². The van der Waals surface area contributed by atoms with E-state index in [9.17, 15) is 4.79 Å². The van der Waals surface area contributed by atoms with Crippen LogP contribution in [0.25, 0.3) is 0 Å². The summed E-state index contributed by atoms with van der Waals surface area (Å²) in [4.78, 5) is 13.0. The number of hydrogen-bond acceptors (Lipinski definition) is 3. The molecule has 2 atom stereocenters. The normalized spacial score (nSPS) is 23.5. The topological polar surface area (TPSA) is 53.7 Å². The van der Waals surface area contributed by atoms with Gasteiger partial charge in [-0.25, -0.2) is 0 Å². The van der Waals surface area contributed by atoms with Crippen molar-refractivity contribution in [2.75, 3.05) is 13.1 Å². The third-order valence-corrected chi connectivity index (χ3v) is 3.29. The fourth-order valence-corrected chi connectivity index (χ4v) is 2.20. The number of carboxylic acids is 1. The lowest BCUT2D eigenvalue weighted by Gasteiger charge is -2.21. The van der Waals surface area contributed by atoms with Crippen LogP contribution in [0.1, 0.15) is 30.9 Å². The minimum Gasteiger partial charge on any atom is -0.481 e. The van der Waals surface area contributed by atoms with Crippen LogP contribution in [0.5, 0.6) is 0 Å². The van der Waals surface area contributed by atoms with E-state index >= 15 is 0 Å². The van der Waals surface area contributed by atoms with Crippen molar-refractivity contribution in [3.05, 3.63) is 23.7 Å². The van der Waals surface area contributed by atoms with Gasteiger partial charge in [-0.05, 0) is 38.9 Å². The first-order chi connectivity index (χ1) is 7.58. The molecule has 1 saturated heterocycles. The van der Waals surface area contributed by atoms with Crippen LogP contribution >= 0.6 is 0 Å². The number of rotatable bonds is 3. The van der Waals surface area contributed by atoms with Crippen molar-refractivity contribution in [1.29, 1.82) is 0 Å². The molecule has 1 aliphatic rings. The number of furan rings is 1. The Hall–Kier alpha value is -1.29. The lowest BCUT2D eigenvalue weighted by molar-refractivity contribution is -0.141. The predicted octanol–water partition coefficient (Wildman–Crippen LogP) is 2.06. The van der Waals surface area contributed by atoms with Gasteiger partial charge in [0.05, 0.1) is 12.0 Å². The van der Waals surface area contributed by atoms with Gasteiger partial charge in [-0.15, -0.1) is 0 Å². The van der Waals surface area contributed by atoms with E-state index in [4.69, 9.17) is 9.52 Å². The Morgan fingerprint density at radius 3 is 2.88 bits per heavy atom. The van der Waals surface area contributed by atoms with Crippen molar-refractivity contribution in [3.63, 3.8) is 0 Å². The van der Waals surface area contributed by atoms with Gasteiger partial charge in [-0.1, -0.05) is 0 Å². The monoisotopic (exact) mass is 223 g/mol. The van der Waals surface area contributed by atoms with Crippen molar-refractivity contribution < 1.29 is 14.3 Å². The summed E-state index contributed by atoms with van der Waals surface area (Å²) in [5.41, 5.74) is 0. The molecule has 0 bridgehead atoms. The molecule has 4 nitrogen and oxygen atoms in total. The van der Waals surface area contributed by atoms with Crippen LogP contribution in [0.2, 0.25) is 0 Å². The third kappa shape index (κ3) is 2.11. The van der Waals surface area contributed by atoms with Gasteiger partial charge < -0.3 is 9.52 Å². The summed E-state index contributed by atoms with van der Waals surface area (Å²) < 4.78 is 5.56. The Kier molecular flexibility index (Phi) is 3.01. The Morgan fingerprint density at radius 2 is 2.38 bits per heavy atom. The molecule has 1 fully saturated rings. The molecule has 2 rings (SSSR count). The fourth-order valence-electron chi connectivity index (χ4n) is 2.20. The van der Waals surface area contributed by atoms with Gasteiger partial charge in [-0.3, -0.25) is 9.69 Å². The lowest BCUT2D eigenvalue weighted by Crippen LogP contribution is -2.26. The van der Waals surface area contributed by atoms with Crippen molar-refractivity contribution in [3.8, 4) is 0 Å². The Morgan fingerprint density at radius 1 is 1.62 bits per heavy atom. The van der Waals surface area contributed by atoms with E-state index in [-0.39, 0.29) is 12.0 Å². The van der Waals surface area contributed by atoms with Crippen LogP contribution in [0.15, 0.2) is 16.5 Å². The van der Waals surface area contributed by atoms with Gasteiger partial charge in [0.1, 0.15) is 11.5 Å². The number of aryl methyl sites for hydroxylation is 1. The highest BCUT2D eigenvalue weighted by molar-refractivity contribution is 5.70. The summed E-state index contributed by atoms with van der Waals surface area (Å²) in [5, 5.41) is 8.94. The number of hydrogen-bond donors (Lipinski definition) is 1. The molecule has 0 amide bonds. The van der Waals surface area contributed by atoms with Crippen molar-refractivity contribution in [1.82, 2.24) is 4.90 Å². The van der Waals surface area contributed by atoms with Gasteiger partial charge >= 0.3 is 5.97 Å². The second-order valence-electron chi connectivity index (χ2n) is 4.44. The molecule has 0 aromatic carbocycles. The van der Waals surface area contributed by atoms with Crippen LogP contribution in [0, 0.1) is 12.8 Å². The van der Waals surface area contributed by atoms with E-state index in [1.165, 1.54) is 0 Å². The van der Waals surface area contributed by atoms with E-state index in [1.54, 1.807) is 0 Å². The quantitative estimate of drug-likeness (QED) is 0.852. The molecule has 1 N–H and O–H groups in total. The molecular formula is C12H17NO3. The first-order valence-electron chi connectivity index (χ1n) is 5.61. The number of aliphatic carboxylic acids is 1. The van der Waals surface area contributed by atoms with E-state index in [0.717, 1.165) is 24.5 Å². The Balaban J connectivity index is 2.02. The molecule has 1 aliphatic heterocycles. The zero-order chi connectivity index (χ0) is 11.7. The molecule has 0 spiro atoms. The molecule has 16 heavy (non-hydrogen) atoms. The first kappa shape index (κ1) is 11.2. The lowest BCUT2D eigenvalue weighted by atomic mass is 10.1. The second kappa shape index (κ2) is 4.29. The van der Waals surface area contributed by atoms with Gasteiger partial charge in [0.2, 0.25) is 0 Å².